The summed E-state index contributed by atoms with van der Waals surface area (Å²) in [6.45, 7) is 25.2. The maximum atomic E-state index is 2.73. The van der Waals surface area contributed by atoms with E-state index in [2.05, 4.69) is 315 Å². The fraction of sp³-hybridized carbons (Fsp3) is 0.190. The number of rotatable bonds is 5. The molecule has 0 radical (unpaired) electrons. The SMILES string of the molecule is Cc1cccc(C)c1-c1cc2c3c(c1)N1c4cc5ccccc5cc4C4(c5ccccc5-c5ccccc54)c4cccc(c41)B3N(c1cccc(C(C)(C)C)c1)c1cc(N(c3ccc(C(C)(C)C)cc3)c3ccc(C(C)(C)C)cc3)ccc1-2. The summed E-state index contributed by atoms with van der Waals surface area (Å²) in [5, 5.41) is 2.47. The lowest BCUT2D eigenvalue weighted by Crippen LogP contribution is -2.62. The first-order valence-electron chi connectivity index (χ1n) is 29.9. The monoisotopic (exact) mass is 1070 g/mol. The number of benzene rings is 11. The number of anilines is 8. The molecule has 0 bridgehead atoms. The van der Waals surface area contributed by atoms with Crippen molar-refractivity contribution in [1.82, 2.24) is 0 Å². The number of aryl methyl sites for hydroxylation is 2. The van der Waals surface area contributed by atoms with Gasteiger partial charge in [-0.3, -0.25) is 0 Å². The van der Waals surface area contributed by atoms with Gasteiger partial charge in [-0.15, -0.1) is 0 Å². The molecule has 0 atom stereocenters. The average molecular weight is 1070 g/mol. The standard InChI is InChI=1S/C79H70BN3/c1-49-21-18-22-50(2)73(49)53-43-64-63-42-41-59(81(57-37-33-54(34-38-57)76(3,4)5)58-39-35-55(36-40-58)77(6,7)8)48-70(63)83(60-26-19-25-56(47-60)78(9,10)11)80-69-32-20-31-67-75(69)82(72(46-53)74(64)80)71-45-52-24-13-12-23-51(52)44-68(71)79(67)65-29-16-14-27-61(65)62-28-15-17-30-66(62)79/h12-48H,1-11H3. The van der Waals surface area contributed by atoms with E-state index >= 15 is 0 Å². The van der Waals surface area contributed by atoms with Crippen molar-refractivity contribution in [3.05, 3.63) is 275 Å². The maximum absolute atomic E-state index is 2.73. The highest BCUT2D eigenvalue weighted by molar-refractivity contribution is 6.93. The van der Waals surface area contributed by atoms with Gasteiger partial charge < -0.3 is 14.6 Å². The zero-order valence-corrected chi connectivity index (χ0v) is 49.8. The van der Waals surface area contributed by atoms with Crippen LogP contribution in [-0.4, -0.2) is 6.85 Å². The summed E-state index contributed by atoms with van der Waals surface area (Å²) >= 11 is 0. The summed E-state index contributed by atoms with van der Waals surface area (Å²) in [5.74, 6) is 0. The van der Waals surface area contributed by atoms with E-state index in [9.17, 15) is 0 Å². The molecule has 4 heteroatoms. The summed E-state index contributed by atoms with van der Waals surface area (Å²) in [5.41, 5.74) is 30.7. The van der Waals surface area contributed by atoms with E-state index in [4.69, 9.17) is 0 Å². The van der Waals surface area contributed by atoms with Crippen LogP contribution in [0.25, 0.3) is 44.2 Å². The molecule has 0 saturated heterocycles. The molecule has 4 aliphatic rings. The van der Waals surface area contributed by atoms with Crippen LogP contribution >= 0.6 is 0 Å². The van der Waals surface area contributed by atoms with Gasteiger partial charge in [0.2, 0.25) is 0 Å². The largest absolute Gasteiger partial charge is 0.376 e. The Labute approximate surface area is 491 Å². The summed E-state index contributed by atoms with van der Waals surface area (Å²) in [7, 11) is 0. The Balaban J connectivity index is 1.08. The second-order valence-electron chi connectivity index (χ2n) is 27.1. The van der Waals surface area contributed by atoms with E-state index in [0.717, 1.165) is 17.1 Å². The third-order valence-corrected chi connectivity index (χ3v) is 18.9. The third-order valence-electron chi connectivity index (χ3n) is 18.9. The van der Waals surface area contributed by atoms with Crippen LogP contribution in [0.3, 0.4) is 0 Å². The van der Waals surface area contributed by atoms with Crippen molar-refractivity contribution in [2.75, 3.05) is 14.6 Å². The average Bonchev–Trinajstić information content (AvgIpc) is 1.75. The number of hydrogen-bond donors (Lipinski definition) is 0. The number of fused-ring (bicyclic) bond motifs is 14. The molecule has 3 heterocycles. The van der Waals surface area contributed by atoms with E-state index < -0.39 is 5.41 Å². The Kier molecular flexibility index (Phi) is 11.1. The molecular weight excluding hydrogens is 1000 g/mol. The fourth-order valence-corrected chi connectivity index (χ4v) is 14.9. The molecule has 3 nitrogen and oxygen atoms in total. The Morgan fingerprint density at radius 3 is 1.54 bits per heavy atom. The van der Waals surface area contributed by atoms with E-state index in [1.165, 1.54) is 134 Å². The summed E-state index contributed by atoms with van der Waals surface area (Å²) in [6, 6.07) is 87.1. The molecule has 3 aliphatic heterocycles. The first-order chi connectivity index (χ1) is 39.9. The van der Waals surface area contributed by atoms with E-state index in [0.29, 0.717) is 0 Å². The molecule has 0 saturated carbocycles. The topological polar surface area (TPSA) is 9.72 Å². The minimum atomic E-state index is -0.610. The molecule has 0 aromatic heterocycles. The first kappa shape index (κ1) is 51.1. The molecule has 83 heavy (non-hydrogen) atoms. The lowest BCUT2D eigenvalue weighted by molar-refractivity contribution is 0.590. The molecule has 0 amide bonds. The highest BCUT2D eigenvalue weighted by atomic mass is 15.2. The number of para-hydroxylation sites is 1. The van der Waals surface area contributed by atoms with Crippen LogP contribution in [0.2, 0.25) is 0 Å². The predicted molar refractivity (Wildman–Crippen MR) is 354 cm³/mol. The smallest absolute Gasteiger partial charge is 0.333 e. The quantitative estimate of drug-likeness (QED) is 0.159. The number of nitrogens with zero attached hydrogens (tertiary/aromatic N) is 3. The van der Waals surface area contributed by atoms with Gasteiger partial charge in [0.25, 0.3) is 0 Å². The van der Waals surface area contributed by atoms with Crippen LogP contribution in [0.5, 0.6) is 0 Å². The van der Waals surface area contributed by atoms with Crippen molar-refractivity contribution in [3.8, 4) is 33.4 Å². The minimum Gasteiger partial charge on any atom is -0.376 e. The molecule has 404 valence electrons. The van der Waals surface area contributed by atoms with Gasteiger partial charge in [-0.2, -0.15) is 0 Å². The van der Waals surface area contributed by atoms with Crippen LogP contribution < -0.4 is 25.5 Å². The van der Waals surface area contributed by atoms with Crippen molar-refractivity contribution in [2.24, 2.45) is 0 Å². The van der Waals surface area contributed by atoms with Gasteiger partial charge in [0.1, 0.15) is 0 Å². The molecule has 0 unspecified atom stereocenters. The van der Waals surface area contributed by atoms with E-state index in [1.54, 1.807) is 0 Å². The predicted octanol–water partition coefficient (Wildman–Crippen LogP) is 19.9. The van der Waals surface area contributed by atoms with Crippen molar-refractivity contribution in [2.45, 2.75) is 97.8 Å². The highest BCUT2D eigenvalue weighted by Gasteiger charge is 2.56. The zero-order chi connectivity index (χ0) is 57.1. The van der Waals surface area contributed by atoms with Gasteiger partial charge in [-0.05, 0) is 202 Å². The second kappa shape index (κ2) is 18.1. The summed E-state index contributed by atoms with van der Waals surface area (Å²) in [4.78, 5) is 7.92. The molecule has 1 spiro atoms. The maximum Gasteiger partial charge on any atom is 0.333 e. The molecule has 1 aliphatic carbocycles. The molecular formula is C79H70BN3. The van der Waals surface area contributed by atoms with Crippen molar-refractivity contribution in [1.29, 1.82) is 0 Å². The molecule has 15 rings (SSSR count). The fourth-order valence-electron chi connectivity index (χ4n) is 14.9. The van der Waals surface area contributed by atoms with Gasteiger partial charge in [-0.1, -0.05) is 214 Å². The normalized spacial score (nSPS) is 14.2. The Morgan fingerprint density at radius 2 is 0.928 bits per heavy atom. The van der Waals surface area contributed by atoms with Gasteiger partial charge in [-0.25, -0.2) is 0 Å². The third kappa shape index (κ3) is 7.57. The Hall–Kier alpha value is -8.86. The van der Waals surface area contributed by atoms with Crippen LogP contribution in [0.4, 0.5) is 45.5 Å². The van der Waals surface area contributed by atoms with Gasteiger partial charge in [0.15, 0.2) is 0 Å². The van der Waals surface area contributed by atoms with Crippen LogP contribution in [0.15, 0.2) is 224 Å². The van der Waals surface area contributed by atoms with Crippen LogP contribution in [0, 0.1) is 13.8 Å². The van der Waals surface area contributed by atoms with E-state index in [-0.39, 0.29) is 23.1 Å². The van der Waals surface area contributed by atoms with Crippen LogP contribution in [-0.2, 0) is 21.7 Å². The van der Waals surface area contributed by atoms with Crippen molar-refractivity contribution >= 4 is 74.0 Å². The molecule has 0 fully saturated rings. The molecule has 11 aromatic rings. The molecule has 0 N–H and O–H groups in total. The second-order valence-corrected chi connectivity index (χ2v) is 27.1. The van der Waals surface area contributed by atoms with Crippen molar-refractivity contribution in [3.63, 3.8) is 0 Å². The minimum absolute atomic E-state index is 0.0137. The zero-order valence-electron chi connectivity index (χ0n) is 49.8. The lowest BCUT2D eigenvalue weighted by atomic mass is 9.42. The van der Waals surface area contributed by atoms with Gasteiger partial charge in [0.05, 0.1) is 11.1 Å². The van der Waals surface area contributed by atoms with Crippen molar-refractivity contribution < 1.29 is 0 Å². The van der Waals surface area contributed by atoms with Crippen LogP contribution in [0.1, 0.15) is 112 Å². The highest BCUT2D eigenvalue weighted by Crippen LogP contribution is 2.65. The Bertz CT molecular complexity index is 4360. The van der Waals surface area contributed by atoms with E-state index in [1.807, 2.05) is 0 Å². The lowest BCUT2D eigenvalue weighted by Gasteiger charge is -2.52. The first-order valence-corrected chi connectivity index (χ1v) is 29.9. The van der Waals surface area contributed by atoms with Gasteiger partial charge in [0, 0.05) is 45.4 Å². The number of hydrogen-bond acceptors (Lipinski definition) is 3. The Morgan fingerprint density at radius 1 is 0.386 bits per heavy atom. The summed E-state index contributed by atoms with van der Waals surface area (Å²) < 4.78 is 0. The molecule has 11 aromatic carbocycles. The van der Waals surface area contributed by atoms with Gasteiger partial charge >= 0.3 is 6.85 Å². The summed E-state index contributed by atoms with van der Waals surface area (Å²) in [6.07, 6.45) is 0.